The number of thiophene rings is 1. The maximum Gasteiger partial charge on any atom is 0.240 e. The predicted octanol–water partition coefficient (Wildman–Crippen LogP) is 3.16. The molecule has 0 aliphatic carbocycles. The Hall–Kier alpha value is -2.34. The molecule has 1 aliphatic rings. The van der Waals surface area contributed by atoms with E-state index in [0.717, 1.165) is 4.88 Å². The average Bonchev–Trinajstić information content (AvgIpc) is 3.15. The van der Waals surface area contributed by atoms with Gasteiger partial charge in [0.05, 0.1) is 18.9 Å². The molecule has 0 saturated heterocycles. The lowest BCUT2D eigenvalue weighted by molar-refractivity contribution is -0.130. The van der Waals surface area contributed by atoms with Crippen LogP contribution in [0.3, 0.4) is 0 Å². The number of methoxy groups -OCH3 is 1. The van der Waals surface area contributed by atoms with Gasteiger partial charge in [0.1, 0.15) is 11.5 Å². The van der Waals surface area contributed by atoms with Gasteiger partial charge in [0.25, 0.3) is 0 Å². The number of phenolic OH excluding ortho intramolecular Hbond substituents is 1. The van der Waals surface area contributed by atoms with E-state index in [0.29, 0.717) is 23.4 Å². The Morgan fingerprint density at radius 2 is 2.27 bits per heavy atom. The maximum absolute atomic E-state index is 11.9. The first-order chi connectivity index (χ1) is 10.6. The normalized spacial score (nSPS) is 17.5. The van der Waals surface area contributed by atoms with E-state index in [1.165, 1.54) is 11.9 Å². The number of carbonyl (C=O) groups excluding carboxylic acids is 1. The Morgan fingerprint density at radius 3 is 2.86 bits per heavy atom. The van der Waals surface area contributed by atoms with Crippen LogP contribution in [-0.2, 0) is 4.79 Å². The third-order valence-electron chi connectivity index (χ3n) is 3.62. The van der Waals surface area contributed by atoms with Crippen molar-refractivity contribution in [1.82, 2.24) is 5.01 Å². The smallest absolute Gasteiger partial charge is 0.240 e. The summed E-state index contributed by atoms with van der Waals surface area (Å²) >= 11 is 1.60. The molecule has 1 aliphatic heterocycles. The molecule has 0 fully saturated rings. The maximum atomic E-state index is 11.9. The number of hydrazone groups is 1. The van der Waals surface area contributed by atoms with Crippen molar-refractivity contribution in [2.75, 3.05) is 7.11 Å². The van der Waals surface area contributed by atoms with Crippen molar-refractivity contribution in [2.45, 2.75) is 19.4 Å². The lowest BCUT2D eigenvalue weighted by Crippen LogP contribution is -2.23. The number of carbonyl (C=O) groups is 1. The fourth-order valence-corrected chi connectivity index (χ4v) is 3.36. The molecule has 2 aromatic rings. The second-order valence-corrected chi connectivity index (χ2v) is 6.01. The number of phenols is 1. The fraction of sp³-hybridized carbons (Fsp3) is 0.250. The van der Waals surface area contributed by atoms with Gasteiger partial charge in [-0.15, -0.1) is 11.3 Å². The van der Waals surface area contributed by atoms with Crippen LogP contribution in [0.5, 0.6) is 11.5 Å². The lowest BCUT2D eigenvalue weighted by Gasteiger charge is -2.18. The second-order valence-electron chi connectivity index (χ2n) is 5.03. The van der Waals surface area contributed by atoms with Crippen molar-refractivity contribution < 1.29 is 14.6 Å². The van der Waals surface area contributed by atoms with Crippen molar-refractivity contribution in [3.63, 3.8) is 0 Å². The fourth-order valence-electron chi connectivity index (χ4n) is 2.55. The zero-order chi connectivity index (χ0) is 15.7. The summed E-state index contributed by atoms with van der Waals surface area (Å²) in [4.78, 5) is 12.9. The highest BCUT2D eigenvalue weighted by Crippen LogP contribution is 2.37. The predicted molar refractivity (Wildman–Crippen MR) is 85.4 cm³/mol. The molecule has 1 amide bonds. The van der Waals surface area contributed by atoms with Gasteiger partial charge >= 0.3 is 0 Å². The first-order valence-corrected chi connectivity index (χ1v) is 7.76. The van der Waals surface area contributed by atoms with E-state index < -0.39 is 0 Å². The van der Waals surface area contributed by atoms with E-state index in [1.807, 2.05) is 17.5 Å². The molecule has 1 aromatic heterocycles. The molecule has 114 valence electrons. The Bertz CT molecular complexity index is 725. The summed E-state index contributed by atoms with van der Waals surface area (Å²) in [5, 5.41) is 18.1. The summed E-state index contributed by atoms with van der Waals surface area (Å²) in [7, 11) is 1.55. The standard InChI is InChI=1S/C16H16N2O3S/c1-10(19)18-14(16-4-3-7-22-16)9-13(17-18)12-6-5-11(21-2)8-15(12)20/h3-8,14,20H,9H2,1-2H3. The molecular formula is C16H16N2O3S. The molecule has 22 heavy (non-hydrogen) atoms. The van der Waals surface area contributed by atoms with E-state index in [2.05, 4.69) is 5.10 Å². The molecule has 5 nitrogen and oxygen atoms in total. The lowest BCUT2D eigenvalue weighted by atomic mass is 10.0. The van der Waals surface area contributed by atoms with Gasteiger partial charge in [-0.05, 0) is 23.6 Å². The molecule has 1 atom stereocenters. The minimum absolute atomic E-state index is 0.103. The summed E-state index contributed by atoms with van der Waals surface area (Å²) < 4.78 is 5.09. The number of ether oxygens (including phenoxy) is 1. The molecule has 0 saturated carbocycles. The Morgan fingerprint density at radius 1 is 1.45 bits per heavy atom. The highest BCUT2D eigenvalue weighted by atomic mass is 32.1. The van der Waals surface area contributed by atoms with Crippen molar-refractivity contribution in [3.8, 4) is 11.5 Å². The van der Waals surface area contributed by atoms with E-state index in [-0.39, 0.29) is 17.7 Å². The van der Waals surface area contributed by atoms with Gasteiger partial charge in [0, 0.05) is 29.9 Å². The van der Waals surface area contributed by atoms with Crippen LogP contribution in [0.15, 0.2) is 40.8 Å². The zero-order valence-corrected chi connectivity index (χ0v) is 13.1. The van der Waals surface area contributed by atoms with Crippen LogP contribution in [-0.4, -0.2) is 28.8 Å². The second kappa shape index (κ2) is 5.81. The van der Waals surface area contributed by atoms with Gasteiger partial charge in [-0.2, -0.15) is 5.10 Å². The monoisotopic (exact) mass is 316 g/mol. The van der Waals surface area contributed by atoms with Crippen molar-refractivity contribution >= 4 is 23.0 Å². The first-order valence-electron chi connectivity index (χ1n) is 6.88. The van der Waals surface area contributed by atoms with Crippen LogP contribution < -0.4 is 4.74 Å². The molecular weight excluding hydrogens is 300 g/mol. The van der Waals surface area contributed by atoms with Crippen LogP contribution >= 0.6 is 11.3 Å². The first kappa shape index (κ1) is 14.6. The topological polar surface area (TPSA) is 62.1 Å². The number of nitrogens with zero attached hydrogens (tertiary/aromatic N) is 2. The number of aromatic hydroxyl groups is 1. The van der Waals surface area contributed by atoms with E-state index >= 15 is 0 Å². The Kier molecular flexibility index (Phi) is 3.85. The molecule has 1 unspecified atom stereocenters. The minimum Gasteiger partial charge on any atom is -0.507 e. The number of rotatable bonds is 3. The summed E-state index contributed by atoms with van der Waals surface area (Å²) in [6, 6.07) is 8.94. The number of hydrogen-bond acceptors (Lipinski definition) is 5. The van der Waals surface area contributed by atoms with Gasteiger partial charge in [-0.25, -0.2) is 5.01 Å². The summed E-state index contributed by atoms with van der Waals surface area (Å²) in [5.41, 5.74) is 1.33. The number of amides is 1. The molecule has 3 rings (SSSR count). The van der Waals surface area contributed by atoms with Gasteiger partial charge in [-0.1, -0.05) is 6.07 Å². The van der Waals surface area contributed by atoms with Crippen LogP contribution in [0.25, 0.3) is 0 Å². The molecule has 0 radical (unpaired) electrons. The zero-order valence-electron chi connectivity index (χ0n) is 12.3. The SMILES string of the molecule is COc1ccc(C2=NN(C(C)=O)C(c3cccs3)C2)c(O)c1. The molecule has 0 bridgehead atoms. The molecule has 6 heteroatoms. The minimum atomic E-state index is -0.110. The molecule has 1 N–H and O–H groups in total. The van der Waals surface area contributed by atoms with Crippen LogP contribution in [0, 0.1) is 0 Å². The van der Waals surface area contributed by atoms with E-state index in [4.69, 9.17) is 4.74 Å². The molecule has 2 heterocycles. The largest absolute Gasteiger partial charge is 0.507 e. The average molecular weight is 316 g/mol. The van der Waals surface area contributed by atoms with Gasteiger partial charge in [0.2, 0.25) is 5.91 Å². The van der Waals surface area contributed by atoms with Crippen molar-refractivity contribution in [2.24, 2.45) is 5.10 Å². The number of hydrogen-bond donors (Lipinski definition) is 1. The number of benzene rings is 1. The van der Waals surface area contributed by atoms with Crippen molar-refractivity contribution in [1.29, 1.82) is 0 Å². The third kappa shape index (κ3) is 2.57. The Balaban J connectivity index is 1.95. The van der Waals surface area contributed by atoms with Crippen LogP contribution in [0.4, 0.5) is 0 Å². The summed E-state index contributed by atoms with van der Waals surface area (Å²) in [6.07, 6.45) is 0.583. The van der Waals surface area contributed by atoms with Gasteiger partial charge in [-0.3, -0.25) is 4.79 Å². The summed E-state index contributed by atoms with van der Waals surface area (Å²) in [5.74, 6) is 0.577. The van der Waals surface area contributed by atoms with Crippen LogP contribution in [0.1, 0.15) is 29.8 Å². The van der Waals surface area contributed by atoms with Crippen molar-refractivity contribution in [3.05, 3.63) is 46.2 Å². The molecule has 0 spiro atoms. The Labute approximate surface area is 132 Å². The molecule has 1 aromatic carbocycles. The third-order valence-corrected chi connectivity index (χ3v) is 4.59. The highest BCUT2D eigenvalue weighted by molar-refractivity contribution is 7.10. The quantitative estimate of drug-likeness (QED) is 0.946. The van der Waals surface area contributed by atoms with E-state index in [1.54, 1.807) is 36.6 Å². The van der Waals surface area contributed by atoms with Gasteiger partial charge < -0.3 is 9.84 Å². The van der Waals surface area contributed by atoms with E-state index in [9.17, 15) is 9.90 Å². The van der Waals surface area contributed by atoms with Crippen LogP contribution in [0.2, 0.25) is 0 Å². The summed E-state index contributed by atoms with van der Waals surface area (Å²) in [6.45, 7) is 1.50. The highest BCUT2D eigenvalue weighted by Gasteiger charge is 2.32. The van der Waals surface area contributed by atoms with Gasteiger partial charge in [0.15, 0.2) is 0 Å².